The van der Waals surface area contributed by atoms with Crippen LogP contribution in [0, 0.1) is 0 Å². The monoisotopic (exact) mass is 279 g/mol. The highest BCUT2D eigenvalue weighted by molar-refractivity contribution is 5.83. The van der Waals surface area contributed by atoms with Crippen molar-refractivity contribution < 1.29 is 14.3 Å². The molecule has 0 aliphatic carbocycles. The van der Waals surface area contributed by atoms with Gasteiger partial charge < -0.3 is 10.5 Å². The van der Waals surface area contributed by atoms with Gasteiger partial charge in [0.05, 0.1) is 6.61 Å². The summed E-state index contributed by atoms with van der Waals surface area (Å²) in [6.07, 6.45) is 0.0246. The first-order valence-electron chi connectivity index (χ1n) is 6.57. The number of nitrogens with one attached hydrogen (secondary N) is 1. The second-order valence-corrected chi connectivity index (χ2v) is 4.40. The number of urea groups is 1. The van der Waals surface area contributed by atoms with Gasteiger partial charge in [0.1, 0.15) is 6.10 Å². The minimum absolute atomic E-state index is 0.333. The summed E-state index contributed by atoms with van der Waals surface area (Å²) in [7, 11) is 0. The molecule has 0 aliphatic rings. The fourth-order valence-electron chi connectivity index (χ4n) is 1.54. The van der Waals surface area contributed by atoms with Gasteiger partial charge >= 0.3 is 6.03 Å². The quantitative estimate of drug-likeness (QED) is 0.772. The molecule has 110 valence electrons. The molecule has 1 rings (SSSR count). The van der Waals surface area contributed by atoms with Crippen LogP contribution in [0.15, 0.2) is 30.3 Å². The topological polar surface area (TPSA) is 84.7 Å². The third kappa shape index (κ3) is 5.27. The number of carbonyl (C=O) groups excluding carboxylic acids is 2. The molecular weight excluding hydrogens is 258 g/mol. The van der Waals surface area contributed by atoms with Crippen LogP contribution in [0.25, 0.3) is 0 Å². The Balaban J connectivity index is 2.44. The Hall–Kier alpha value is -2.08. The van der Waals surface area contributed by atoms with Crippen molar-refractivity contribution in [2.45, 2.75) is 33.0 Å². The SMILES string of the molecule is CCCN(NC(=O)[C@@H](C)OCc1ccccc1)C(N)=O. The van der Waals surface area contributed by atoms with Crippen molar-refractivity contribution in [2.75, 3.05) is 6.54 Å². The first-order valence-corrected chi connectivity index (χ1v) is 6.57. The molecule has 0 bridgehead atoms. The summed E-state index contributed by atoms with van der Waals surface area (Å²) < 4.78 is 5.46. The van der Waals surface area contributed by atoms with Crippen LogP contribution in [0.1, 0.15) is 25.8 Å². The van der Waals surface area contributed by atoms with Crippen molar-refractivity contribution >= 4 is 11.9 Å². The van der Waals surface area contributed by atoms with Gasteiger partial charge in [0.2, 0.25) is 0 Å². The molecule has 0 radical (unpaired) electrons. The summed E-state index contributed by atoms with van der Waals surface area (Å²) in [5.41, 5.74) is 8.60. The van der Waals surface area contributed by atoms with Crippen molar-refractivity contribution in [1.82, 2.24) is 10.4 Å². The molecule has 0 spiro atoms. The summed E-state index contributed by atoms with van der Waals surface area (Å²) in [6.45, 7) is 4.22. The molecule has 6 heteroatoms. The zero-order valence-corrected chi connectivity index (χ0v) is 11.8. The van der Waals surface area contributed by atoms with E-state index in [1.54, 1.807) is 6.92 Å². The first kappa shape index (κ1) is 16.0. The second kappa shape index (κ2) is 8.16. The van der Waals surface area contributed by atoms with Gasteiger partial charge in [-0.3, -0.25) is 10.2 Å². The average Bonchev–Trinajstić information content (AvgIpc) is 2.45. The van der Waals surface area contributed by atoms with Gasteiger partial charge in [-0.15, -0.1) is 0 Å². The minimum Gasteiger partial charge on any atom is -0.364 e. The van der Waals surface area contributed by atoms with Crippen LogP contribution in [0.5, 0.6) is 0 Å². The largest absolute Gasteiger partial charge is 0.364 e. The van der Waals surface area contributed by atoms with Crippen LogP contribution in [0.3, 0.4) is 0 Å². The van der Waals surface area contributed by atoms with E-state index in [2.05, 4.69) is 5.43 Å². The van der Waals surface area contributed by atoms with Crippen LogP contribution in [0.2, 0.25) is 0 Å². The molecule has 0 aromatic heterocycles. The summed E-state index contributed by atoms with van der Waals surface area (Å²) in [5.74, 6) is -0.395. The molecule has 20 heavy (non-hydrogen) atoms. The van der Waals surface area contributed by atoms with Gasteiger partial charge in [-0.25, -0.2) is 9.80 Å². The summed E-state index contributed by atoms with van der Waals surface area (Å²) in [6, 6.07) is 8.86. The fraction of sp³-hybridized carbons (Fsp3) is 0.429. The van der Waals surface area contributed by atoms with Crippen LogP contribution >= 0.6 is 0 Å². The number of amides is 3. The van der Waals surface area contributed by atoms with Gasteiger partial charge in [-0.2, -0.15) is 0 Å². The number of hydrogen-bond donors (Lipinski definition) is 2. The van der Waals surface area contributed by atoms with Gasteiger partial charge in [0.15, 0.2) is 0 Å². The van der Waals surface area contributed by atoms with Crippen molar-refractivity contribution in [3.63, 3.8) is 0 Å². The van der Waals surface area contributed by atoms with Gasteiger partial charge in [-0.05, 0) is 18.9 Å². The molecule has 1 atom stereocenters. The lowest BCUT2D eigenvalue weighted by atomic mass is 10.2. The predicted octanol–water partition coefficient (Wildman–Crippen LogP) is 1.41. The van der Waals surface area contributed by atoms with Crippen LogP contribution in [-0.4, -0.2) is 29.6 Å². The molecule has 1 aromatic rings. The number of nitrogens with two attached hydrogens (primary N) is 1. The van der Waals surface area contributed by atoms with Crippen molar-refractivity contribution in [1.29, 1.82) is 0 Å². The number of rotatable bonds is 6. The number of ether oxygens (including phenoxy) is 1. The predicted molar refractivity (Wildman–Crippen MR) is 75.4 cm³/mol. The Morgan fingerprint density at radius 2 is 2.00 bits per heavy atom. The molecule has 0 heterocycles. The van der Waals surface area contributed by atoms with Gasteiger partial charge in [0, 0.05) is 6.54 Å². The summed E-state index contributed by atoms with van der Waals surface area (Å²) in [4.78, 5) is 23.0. The van der Waals surface area contributed by atoms with Crippen molar-refractivity contribution in [3.05, 3.63) is 35.9 Å². The van der Waals surface area contributed by atoms with Crippen LogP contribution < -0.4 is 11.2 Å². The van der Waals surface area contributed by atoms with Crippen LogP contribution in [-0.2, 0) is 16.1 Å². The lowest BCUT2D eigenvalue weighted by Gasteiger charge is -2.22. The maximum atomic E-state index is 11.9. The van der Waals surface area contributed by atoms with E-state index in [1.807, 2.05) is 37.3 Å². The molecular formula is C14H21N3O3. The van der Waals surface area contributed by atoms with E-state index in [0.717, 1.165) is 10.6 Å². The second-order valence-electron chi connectivity index (χ2n) is 4.40. The molecule has 0 saturated heterocycles. The third-order valence-electron chi connectivity index (χ3n) is 2.67. The summed E-state index contributed by atoms with van der Waals surface area (Å²) in [5, 5.41) is 1.09. The van der Waals surface area contributed by atoms with E-state index in [1.165, 1.54) is 0 Å². The first-order chi connectivity index (χ1) is 9.54. The molecule has 3 N–H and O–H groups in total. The number of hydrazine groups is 1. The lowest BCUT2D eigenvalue weighted by Crippen LogP contribution is -2.52. The smallest absolute Gasteiger partial charge is 0.333 e. The standard InChI is InChI=1S/C14H21N3O3/c1-3-9-17(14(15)19)16-13(18)11(2)20-10-12-7-5-4-6-8-12/h4-8,11H,3,9-10H2,1-2H3,(H2,15,19)(H,16,18)/t11-/m1/s1. The Morgan fingerprint density at radius 1 is 1.35 bits per heavy atom. The van der Waals surface area contributed by atoms with E-state index in [0.29, 0.717) is 19.6 Å². The highest BCUT2D eigenvalue weighted by Gasteiger charge is 2.18. The molecule has 0 saturated carbocycles. The number of primary amides is 1. The van der Waals surface area contributed by atoms with E-state index < -0.39 is 18.0 Å². The van der Waals surface area contributed by atoms with E-state index in [4.69, 9.17) is 10.5 Å². The van der Waals surface area contributed by atoms with E-state index in [9.17, 15) is 9.59 Å². The average molecular weight is 279 g/mol. The zero-order chi connectivity index (χ0) is 15.0. The van der Waals surface area contributed by atoms with E-state index in [-0.39, 0.29) is 0 Å². The normalized spacial score (nSPS) is 11.7. The fourth-order valence-corrected chi connectivity index (χ4v) is 1.54. The Labute approximate surface area is 118 Å². The number of nitrogens with zero attached hydrogens (tertiary/aromatic N) is 1. The Kier molecular flexibility index (Phi) is 6.52. The molecule has 1 aromatic carbocycles. The molecule has 0 fully saturated rings. The van der Waals surface area contributed by atoms with Crippen molar-refractivity contribution in [3.8, 4) is 0 Å². The van der Waals surface area contributed by atoms with Crippen molar-refractivity contribution in [2.24, 2.45) is 5.73 Å². The maximum Gasteiger partial charge on any atom is 0.333 e. The minimum atomic E-state index is -0.685. The zero-order valence-electron chi connectivity index (χ0n) is 11.8. The maximum absolute atomic E-state index is 11.9. The third-order valence-corrected chi connectivity index (χ3v) is 2.67. The van der Waals surface area contributed by atoms with Gasteiger partial charge in [-0.1, -0.05) is 37.3 Å². The molecule has 0 unspecified atom stereocenters. The number of carbonyl (C=O) groups is 2. The molecule has 0 aliphatic heterocycles. The highest BCUT2D eigenvalue weighted by Crippen LogP contribution is 2.03. The number of hydrogen-bond acceptors (Lipinski definition) is 3. The number of benzene rings is 1. The van der Waals surface area contributed by atoms with Gasteiger partial charge in [0.25, 0.3) is 5.91 Å². The van der Waals surface area contributed by atoms with E-state index >= 15 is 0 Å². The lowest BCUT2D eigenvalue weighted by molar-refractivity contribution is -0.136. The molecule has 3 amide bonds. The Bertz CT molecular complexity index is 437. The van der Waals surface area contributed by atoms with Crippen LogP contribution in [0.4, 0.5) is 4.79 Å². The highest BCUT2D eigenvalue weighted by atomic mass is 16.5. The Morgan fingerprint density at radius 3 is 2.55 bits per heavy atom. The summed E-state index contributed by atoms with van der Waals surface area (Å²) >= 11 is 0. The molecule has 6 nitrogen and oxygen atoms in total.